The fourth-order valence-electron chi connectivity index (χ4n) is 4.37. The monoisotopic (exact) mass is 488 g/mol. The van der Waals surface area contributed by atoms with Crippen molar-refractivity contribution in [3.05, 3.63) is 126 Å². The normalized spacial score (nSPS) is 11.4. The molecule has 0 aromatic heterocycles. The lowest BCUT2D eigenvalue weighted by Crippen LogP contribution is -2.18. The summed E-state index contributed by atoms with van der Waals surface area (Å²) >= 11 is 0. The standard InChI is InChI=1S/C32H28N2O3/c35-32(34-36)27-14-12-23(13-15-27)20-24(22-33-29-17-16-25-6-1-2-8-28(25)21-29)18-19-37-31-11-5-9-26-7-3-4-10-30(26)31/h1-17,20-21,33,36H,18-19,22H2,(H,34,35)/b24-20-. The van der Waals surface area contributed by atoms with Gasteiger partial charge in [0.2, 0.25) is 0 Å². The predicted octanol–water partition coefficient (Wildman–Crippen LogP) is 7.08. The third-order valence-corrected chi connectivity index (χ3v) is 6.34. The number of hydrogen-bond donors (Lipinski definition) is 3. The number of anilines is 1. The van der Waals surface area contributed by atoms with Gasteiger partial charge in [-0.05, 0) is 57.6 Å². The molecule has 5 heteroatoms. The Morgan fingerprint density at radius 3 is 2.32 bits per heavy atom. The van der Waals surface area contributed by atoms with Gasteiger partial charge < -0.3 is 10.1 Å². The maximum absolute atomic E-state index is 11.7. The van der Waals surface area contributed by atoms with Crippen molar-refractivity contribution < 1.29 is 14.7 Å². The van der Waals surface area contributed by atoms with E-state index in [0.29, 0.717) is 18.7 Å². The van der Waals surface area contributed by atoms with Gasteiger partial charge in [0, 0.05) is 29.6 Å². The van der Waals surface area contributed by atoms with Crippen LogP contribution in [0.4, 0.5) is 5.69 Å². The molecule has 0 atom stereocenters. The molecule has 3 N–H and O–H groups in total. The summed E-state index contributed by atoms with van der Waals surface area (Å²) in [6.45, 7) is 1.18. The maximum Gasteiger partial charge on any atom is 0.274 e. The highest BCUT2D eigenvalue weighted by molar-refractivity contribution is 5.93. The second-order valence-electron chi connectivity index (χ2n) is 8.86. The van der Waals surface area contributed by atoms with Gasteiger partial charge in [0.15, 0.2) is 0 Å². The Balaban J connectivity index is 1.33. The average Bonchev–Trinajstić information content (AvgIpc) is 2.95. The van der Waals surface area contributed by atoms with Crippen LogP contribution in [0.5, 0.6) is 5.75 Å². The van der Waals surface area contributed by atoms with E-state index in [4.69, 9.17) is 9.94 Å². The molecule has 184 valence electrons. The second-order valence-corrected chi connectivity index (χ2v) is 8.86. The van der Waals surface area contributed by atoms with Gasteiger partial charge in [0.05, 0.1) is 6.61 Å². The van der Waals surface area contributed by atoms with Gasteiger partial charge in [0.25, 0.3) is 5.91 Å². The van der Waals surface area contributed by atoms with Gasteiger partial charge in [-0.2, -0.15) is 0 Å². The van der Waals surface area contributed by atoms with Gasteiger partial charge in [-0.1, -0.05) is 84.9 Å². The summed E-state index contributed by atoms with van der Waals surface area (Å²) in [5.41, 5.74) is 5.24. The van der Waals surface area contributed by atoms with Crippen molar-refractivity contribution in [2.45, 2.75) is 6.42 Å². The SMILES string of the molecule is O=C(NO)c1ccc(/C=C(/CCOc2cccc3ccccc23)CNc2ccc3ccccc3c2)cc1. The summed E-state index contributed by atoms with van der Waals surface area (Å²) in [5, 5.41) is 17.1. The minimum Gasteiger partial charge on any atom is -0.493 e. The molecule has 0 saturated carbocycles. The molecule has 0 unspecified atom stereocenters. The Hall–Kier alpha value is -4.61. The molecule has 0 radical (unpaired) electrons. The van der Waals surface area contributed by atoms with Crippen molar-refractivity contribution in [3.8, 4) is 5.75 Å². The molecule has 0 heterocycles. The number of amides is 1. The van der Waals surface area contributed by atoms with E-state index in [9.17, 15) is 4.79 Å². The van der Waals surface area contributed by atoms with E-state index in [1.54, 1.807) is 17.6 Å². The van der Waals surface area contributed by atoms with Crippen molar-refractivity contribution >= 4 is 39.2 Å². The molecule has 5 nitrogen and oxygen atoms in total. The van der Waals surface area contributed by atoms with Crippen molar-refractivity contribution in [3.63, 3.8) is 0 Å². The van der Waals surface area contributed by atoms with Crippen LogP contribution in [0, 0.1) is 0 Å². The topological polar surface area (TPSA) is 70.6 Å². The van der Waals surface area contributed by atoms with Crippen LogP contribution in [-0.4, -0.2) is 24.3 Å². The molecule has 0 aliphatic rings. The highest BCUT2D eigenvalue weighted by Gasteiger charge is 2.06. The van der Waals surface area contributed by atoms with Crippen LogP contribution in [0.15, 0.2) is 115 Å². The minimum atomic E-state index is -0.530. The molecule has 0 bridgehead atoms. The van der Waals surface area contributed by atoms with Gasteiger partial charge in [-0.3, -0.25) is 10.0 Å². The highest BCUT2D eigenvalue weighted by atomic mass is 16.5. The highest BCUT2D eigenvalue weighted by Crippen LogP contribution is 2.26. The van der Waals surface area contributed by atoms with E-state index in [0.717, 1.165) is 39.8 Å². The number of carbonyl (C=O) groups excluding carboxylic acids is 1. The predicted molar refractivity (Wildman–Crippen MR) is 150 cm³/mol. The van der Waals surface area contributed by atoms with Crippen LogP contribution in [-0.2, 0) is 0 Å². The Morgan fingerprint density at radius 1 is 0.784 bits per heavy atom. The van der Waals surface area contributed by atoms with Gasteiger partial charge >= 0.3 is 0 Å². The van der Waals surface area contributed by atoms with E-state index in [1.165, 1.54) is 10.8 Å². The Labute approximate surface area is 216 Å². The number of nitrogens with one attached hydrogen (secondary N) is 2. The Morgan fingerprint density at radius 2 is 1.51 bits per heavy atom. The first kappa shape index (κ1) is 24.1. The quantitative estimate of drug-likeness (QED) is 0.153. The number of rotatable bonds is 9. The number of benzene rings is 5. The Kier molecular flexibility index (Phi) is 7.44. The van der Waals surface area contributed by atoms with Crippen LogP contribution >= 0.6 is 0 Å². The van der Waals surface area contributed by atoms with Crippen LogP contribution in [0.2, 0.25) is 0 Å². The number of hydroxylamine groups is 1. The van der Waals surface area contributed by atoms with Crippen LogP contribution in [0.25, 0.3) is 27.6 Å². The smallest absolute Gasteiger partial charge is 0.274 e. The van der Waals surface area contributed by atoms with Crippen LogP contribution in [0.1, 0.15) is 22.3 Å². The van der Waals surface area contributed by atoms with E-state index >= 15 is 0 Å². The molecule has 5 rings (SSSR count). The fraction of sp³-hybridized carbons (Fsp3) is 0.0938. The minimum absolute atomic E-state index is 0.398. The summed E-state index contributed by atoms with van der Waals surface area (Å²) in [6.07, 6.45) is 2.84. The summed E-state index contributed by atoms with van der Waals surface area (Å²) < 4.78 is 6.21. The number of carbonyl (C=O) groups is 1. The van der Waals surface area contributed by atoms with Crippen molar-refractivity contribution in [2.75, 3.05) is 18.5 Å². The molecule has 0 saturated heterocycles. The lowest BCUT2D eigenvalue weighted by molar-refractivity contribution is 0.0706. The zero-order valence-corrected chi connectivity index (χ0v) is 20.4. The van der Waals surface area contributed by atoms with E-state index in [-0.39, 0.29) is 0 Å². The zero-order valence-electron chi connectivity index (χ0n) is 20.4. The molecule has 5 aromatic rings. The summed E-state index contributed by atoms with van der Waals surface area (Å²) in [5.74, 6) is 0.344. The van der Waals surface area contributed by atoms with E-state index < -0.39 is 5.91 Å². The first-order valence-corrected chi connectivity index (χ1v) is 12.3. The molecular formula is C32H28N2O3. The Bertz CT molecular complexity index is 1550. The third kappa shape index (κ3) is 5.97. The van der Waals surface area contributed by atoms with Crippen molar-refractivity contribution in [1.82, 2.24) is 5.48 Å². The van der Waals surface area contributed by atoms with Gasteiger partial charge in [-0.25, -0.2) is 5.48 Å². The van der Waals surface area contributed by atoms with Crippen LogP contribution in [0.3, 0.4) is 0 Å². The molecule has 5 aromatic carbocycles. The lowest BCUT2D eigenvalue weighted by Gasteiger charge is -2.14. The largest absolute Gasteiger partial charge is 0.493 e. The molecule has 0 fully saturated rings. The van der Waals surface area contributed by atoms with E-state index in [1.807, 2.05) is 48.5 Å². The number of ether oxygens (including phenoxy) is 1. The molecule has 37 heavy (non-hydrogen) atoms. The first-order chi connectivity index (χ1) is 18.2. The van der Waals surface area contributed by atoms with Gasteiger partial charge in [-0.15, -0.1) is 0 Å². The van der Waals surface area contributed by atoms with Crippen molar-refractivity contribution in [2.24, 2.45) is 0 Å². The summed E-state index contributed by atoms with van der Waals surface area (Å²) in [6, 6.07) is 36.1. The average molecular weight is 489 g/mol. The molecular weight excluding hydrogens is 460 g/mol. The maximum atomic E-state index is 11.7. The first-order valence-electron chi connectivity index (χ1n) is 12.3. The fourth-order valence-corrected chi connectivity index (χ4v) is 4.37. The summed E-state index contributed by atoms with van der Waals surface area (Å²) in [4.78, 5) is 11.7. The number of hydrogen-bond acceptors (Lipinski definition) is 4. The van der Waals surface area contributed by atoms with E-state index in [2.05, 4.69) is 59.9 Å². The molecule has 0 aliphatic heterocycles. The lowest BCUT2D eigenvalue weighted by atomic mass is 10.1. The van der Waals surface area contributed by atoms with Gasteiger partial charge in [0.1, 0.15) is 5.75 Å². The van der Waals surface area contributed by atoms with Crippen molar-refractivity contribution in [1.29, 1.82) is 0 Å². The third-order valence-electron chi connectivity index (χ3n) is 6.34. The summed E-state index contributed by atoms with van der Waals surface area (Å²) in [7, 11) is 0. The molecule has 1 amide bonds. The second kappa shape index (κ2) is 11.4. The molecule has 0 aliphatic carbocycles. The number of fused-ring (bicyclic) bond motifs is 2. The molecule has 0 spiro atoms. The zero-order chi connectivity index (χ0) is 25.5. The van der Waals surface area contributed by atoms with Crippen LogP contribution < -0.4 is 15.5 Å².